The maximum atomic E-state index is 13.5. The molecular weight excluding hydrogens is 426 g/mol. The van der Waals surface area contributed by atoms with Gasteiger partial charge in [0.25, 0.3) is 11.8 Å². The first-order valence-corrected chi connectivity index (χ1v) is 11.7. The van der Waals surface area contributed by atoms with E-state index in [1.165, 1.54) is 16.2 Å². The van der Waals surface area contributed by atoms with Gasteiger partial charge in [-0.25, -0.2) is 4.79 Å². The maximum absolute atomic E-state index is 13.5. The molecule has 1 aromatic heterocycles. The highest BCUT2D eigenvalue weighted by atomic mass is 32.1. The number of carbonyl (C=O) groups is 3. The van der Waals surface area contributed by atoms with Crippen LogP contribution < -0.4 is 5.32 Å². The second kappa shape index (κ2) is 9.16. The van der Waals surface area contributed by atoms with E-state index in [0.717, 1.165) is 21.7 Å². The molecule has 4 rings (SSSR count). The van der Waals surface area contributed by atoms with Gasteiger partial charge >= 0.3 is 6.09 Å². The highest BCUT2D eigenvalue weighted by Gasteiger charge is 2.44. The van der Waals surface area contributed by atoms with Crippen LogP contribution in [0.5, 0.6) is 0 Å². The minimum Gasteiger partial charge on any atom is -0.450 e. The molecule has 1 aromatic carbocycles. The van der Waals surface area contributed by atoms with Gasteiger partial charge in [-0.3, -0.25) is 14.5 Å². The summed E-state index contributed by atoms with van der Waals surface area (Å²) in [5.41, 5.74) is 3.61. The summed E-state index contributed by atoms with van der Waals surface area (Å²) in [5, 5.41) is 5.17. The zero-order valence-electron chi connectivity index (χ0n) is 18.5. The number of amides is 3. The van der Waals surface area contributed by atoms with Gasteiger partial charge in [-0.15, -0.1) is 11.3 Å². The fourth-order valence-electron chi connectivity index (χ4n) is 4.17. The van der Waals surface area contributed by atoms with Crippen LogP contribution in [0.15, 0.2) is 41.4 Å². The molecule has 7 nitrogen and oxygen atoms in total. The second-order valence-electron chi connectivity index (χ2n) is 8.07. The number of carbonyl (C=O) groups excluding carboxylic acids is 3. The molecule has 3 heterocycles. The minimum atomic E-state index is -0.347. The number of nitrogens with zero attached hydrogens (tertiary/aromatic N) is 2. The first kappa shape index (κ1) is 22.1. The standard InChI is InChI=1S/C24H27N3O4S/c1-4-31-24(30)26-11-9-17(10-12-26)27-22(28)20(19-6-5-13-32-19)21(23(27)29)25-18-14-15(2)7-8-16(18)3/h5-8,13-14,17,25H,4,9-12H2,1-3H3. The smallest absolute Gasteiger partial charge is 0.409 e. The molecule has 0 saturated carbocycles. The molecule has 168 valence electrons. The first-order chi connectivity index (χ1) is 15.4. The number of likely N-dealkylation sites (tertiary alicyclic amines) is 1. The summed E-state index contributed by atoms with van der Waals surface area (Å²) in [7, 11) is 0. The Morgan fingerprint density at radius 3 is 2.56 bits per heavy atom. The highest BCUT2D eigenvalue weighted by Crippen LogP contribution is 2.36. The van der Waals surface area contributed by atoms with Crippen molar-refractivity contribution in [3.63, 3.8) is 0 Å². The van der Waals surface area contributed by atoms with Gasteiger partial charge in [-0.05, 0) is 62.3 Å². The van der Waals surface area contributed by atoms with Crippen molar-refractivity contribution in [2.45, 2.75) is 39.7 Å². The van der Waals surface area contributed by atoms with Gasteiger partial charge in [0.05, 0.1) is 12.2 Å². The molecule has 1 N–H and O–H groups in total. The van der Waals surface area contributed by atoms with Crippen molar-refractivity contribution in [1.82, 2.24) is 9.80 Å². The Kier molecular flexibility index (Phi) is 6.32. The molecule has 1 saturated heterocycles. The summed E-state index contributed by atoms with van der Waals surface area (Å²) >= 11 is 1.44. The Labute approximate surface area is 191 Å². The van der Waals surface area contributed by atoms with Crippen molar-refractivity contribution >= 4 is 40.5 Å². The van der Waals surface area contributed by atoms with Crippen molar-refractivity contribution in [3.8, 4) is 0 Å². The first-order valence-electron chi connectivity index (χ1n) is 10.8. The SMILES string of the molecule is CCOC(=O)N1CCC(N2C(=O)C(Nc3cc(C)ccc3C)=C(c3cccs3)C2=O)CC1. The molecule has 0 unspecified atom stereocenters. The van der Waals surface area contributed by atoms with Crippen molar-refractivity contribution in [2.75, 3.05) is 25.0 Å². The average Bonchev–Trinajstić information content (AvgIpc) is 3.38. The summed E-state index contributed by atoms with van der Waals surface area (Å²) in [4.78, 5) is 42.8. The molecular formula is C24H27N3O4S. The Hall–Kier alpha value is -3.13. The van der Waals surface area contributed by atoms with Gasteiger partial charge in [0.2, 0.25) is 0 Å². The zero-order valence-corrected chi connectivity index (χ0v) is 19.3. The van der Waals surface area contributed by atoms with E-state index in [1.54, 1.807) is 11.8 Å². The Morgan fingerprint density at radius 1 is 1.16 bits per heavy atom. The number of hydrogen-bond acceptors (Lipinski definition) is 6. The third kappa shape index (κ3) is 4.14. The van der Waals surface area contributed by atoms with Crippen LogP contribution >= 0.6 is 11.3 Å². The lowest BCUT2D eigenvalue weighted by atomic mass is 10.0. The summed E-state index contributed by atoms with van der Waals surface area (Å²) in [6.45, 7) is 6.96. The average molecular weight is 454 g/mol. The van der Waals surface area contributed by atoms with Crippen LogP contribution in [0.4, 0.5) is 10.5 Å². The van der Waals surface area contributed by atoms with E-state index < -0.39 is 0 Å². The Morgan fingerprint density at radius 2 is 1.91 bits per heavy atom. The zero-order chi connectivity index (χ0) is 22.8. The van der Waals surface area contributed by atoms with Crippen LogP contribution in [0.3, 0.4) is 0 Å². The maximum Gasteiger partial charge on any atom is 0.409 e. The topological polar surface area (TPSA) is 79.0 Å². The quantitative estimate of drug-likeness (QED) is 0.687. The van der Waals surface area contributed by atoms with Crippen molar-refractivity contribution < 1.29 is 19.1 Å². The number of thiophene rings is 1. The molecule has 32 heavy (non-hydrogen) atoms. The Bertz CT molecular complexity index is 1070. The van der Waals surface area contributed by atoms with Gasteiger partial charge in [-0.2, -0.15) is 0 Å². The summed E-state index contributed by atoms with van der Waals surface area (Å²) in [5.74, 6) is -0.589. The molecule has 0 atom stereocenters. The predicted octanol–water partition coefficient (Wildman–Crippen LogP) is 4.18. The molecule has 2 aromatic rings. The van der Waals surface area contributed by atoms with E-state index >= 15 is 0 Å². The van der Waals surface area contributed by atoms with Crippen molar-refractivity contribution in [2.24, 2.45) is 0 Å². The van der Waals surface area contributed by atoms with Crippen LogP contribution in [0.2, 0.25) is 0 Å². The third-order valence-electron chi connectivity index (χ3n) is 5.89. The van der Waals surface area contributed by atoms with E-state index in [9.17, 15) is 14.4 Å². The number of nitrogens with one attached hydrogen (secondary N) is 1. The number of benzene rings is 1. The van der Waals surface area contributed by atoms with Crippen molar-refractivity contribution in [1.29, 1.82) is 0 Å². The lowest BCUT2D eigenvalue weighted by Gasteiger charge is -2.35. The molecule has 0 radical (unpaired) electrons. The third-order valence-corrected chi connectivity index (χ3v) is 6.78. The summed E-state index contributed by atoms with van der Waals surface area (Å²) in [6.07, 6.45) is 0.718. The largest absolute Gasteiger partial charge is 0.450 e. The van der Waals surface area contributed by atoms with Crippen LogP contribution in [-0.4, -0.2) is 53.4 Å². The normalized spacial score (nSPS) is 17.3. The van der Waals surface area contributed by atoms with Gasteiger partial charge < -0.3 is 15.0 Å². The lowest BCUT2D eigenvalue weighted by Crippen LogP contribution is -2.49. The number of piperidine rings is 1. The summed E-state index contributed by atoms with van der Waals surface area (Å²) < 4.78 is 5.08. The molecule has 3 amide bonds. The fraction of sp³-hybridized carbons (Fsp3) is 0.375. The van der Waals surface area contributed by atoms with E-state index in [-0.39, 0.29) is 23.9 Å². The van der Waals surface area contributed by atoms with Crippen LogP contribution in [-0.2, 0) is 14.3 Å². The lowest BCUT2D eigenvalue weighted by molar-refractivity contribution is -0.140. The minimum absolute atomic E-state index is 0.256. The molecule has 0 aliphatic carbocycles. The number of anilines is 1. The molecule has 2 aliphatic rings. The van der Waals surface area contributed by atoms with E-state index in [2.05, 4.69) is 5.32 Å². The van der Waals surface area contributed by atoms with Crippen molar-refractivity contribution in [3.05, 3.63) is 57.4 Å². The number of hydrogen-bond donors (Lipinski definition) is 1. The van der Waals surface area contributed by atoms with E-state index in [1.807, 2.05) is 49.6 Å². The molecule has 0 spiro atoms. The Balaban J connectivity index is 1.61. The van der Waals surface area contributed by atoms with Gasteiger partial charge in [-0.1, -0.05) is 18.2 Å². The molecule has 8 heteroatoms. The van der Waals surface area contributed by atoms with Gasteiger partial charge in [0.15, 0.2) is 0 Å². The predicted molar refractivity (Wildman–Crippen MR) is 124 cm³/mol. The fourth-order valence-corrected chi connectivity index (χ4v) is 4.94. The number of ether oxygens (including phenoxy) is 1. The molecule has 2 aliphatic heterocycles. The second-order valence-corrected chi connectivity index (χ2v) is 9.02. The summed E-state index contributed by atoms with van der Waals surface area (Å²) in [6, 6.07) is 9.47. The van der Waals surface area contributed by atoms with Crippen LogP contribution in [0.1, 0.15) is 35.8 Å². The van der Waals surface area contributed by atoms with E-state index in [0.29, 0.717) is 43.8 Å². The van der Waals surface area contributed by atoms with Crippen LogP contribution in [0.25, 0.3) is 5.57 Å². The highest BCUT2D eigenvalue weighted by molar-refractivity contribution is 7.11. The number of rotatable bonds is 5. The number of aryl methyl sites for hydroxylation is 2. The molecule has 0 bridgehead atoms. The monoisotopic (exact) mass is 453 g/mol. The van der Waals surface area contributed by atoms with E-state index in [4.69, 9.17) is 4.74 Å². The van der Waals surface area contributed by atoms with Gasteiger partial charge in [0.1, 0.15) is 5.70 Å². The van der Waals surface area contributed by atoms with Crippen LogP contribution in [0, 0.1) is 13.8 Å². The number of imide groups is 1. The molecule has 1 fully saturated rings. The van der Waals surface area contributed by atoms with Gasteiger partial charge in [0, 0.05) is 29.7 Å².